The Balaban J connectivity index is 1.68. The molecule has 154 valence electrons. The number of terminal acetylenes is 1. The van der Waals surface area contributed by atoms with Crippen molar-refractivity contribution in [2.75, 3.05) is 7.11 Å². The van der Waals surface area contributed by atoms with E-state index in [0.29, 0.717) is 27.6 Å². The van der Waals surface area contributed by atoms with Crippen molar-refractivity contribution in [2.45, 2.75) is 13.1 Å². The summed E-state index contributed by atoms with van der Waals surface area (Å²) in [5.41, 5.74) is -0.536. The zero-order chi connectivity index (χ0) is 22.0. The summed E-state index contributed by atoms with van der Waals surface area (Å²) >= 11 is 0. The van der Waals surface area contributed by atoms with Crippen molar-refractivity contribution in [1.29, 1.82) is 0 Å². The zero-order valence-corrected chi connectivity index (χ0v) is 16.5. The third-order valence-electron chi connectivity index (χ3n) is 4.79. The minimum Gasteiger partial charge on any atom is -0.493 e. The normalized spacial score (nSPS) is 10.7. The standard InChI is InChI=1S/C23H17N3O5/c1-3-11-26-22(28)16-9-5-4-8-15(16)18(25-26)13-24-21(27)17-12-14-7-6-10-19(30-2)20(14)31-23(17)29/h1,4-10,12H,11,13H2,2H3,(H,24,27). The fourth-order valence-corrected chi connectivity index (χ4v) is 3.33. The molecule has 0 unspecified atom stereocenters. The number of rotatable bonds is 5. The molecule has 0 aliphatic heterocycles. The second kappa shape index (κ2) is 8.16. The molecule has 31 heavy (non-hydrogen) atoms. The van der Waals surface area contributed by atoms with Gasteiger partial charge in [-0.2, -0.15) is 5.10 Å². The van der Waals surface area contributed by atoms with Gasteiger partial charge in [0.25, 0.3) is 11.5 Å². The van der Waals surface area contributed by atoms with Crippen molar-refractivity contribution >= 4 is 27.6 Å². The molecular formula is C23H17N3O5. The Morgan fingerprint density at radius 1 is 1.19 bits per heavy atom. The summed E-state index contributed by atoms with van der Waals surface area (Å²) in [6.07, 6.45) is 5.33. The minimum atomic E-state index is -0.787. The topological polar surface area (TPSA) is 103 Å². The Morgan fingerprint density at radius 2 is 1.97 bits per heavy atom. The number of nitrogens with one attached hydrogen (secondary N) is 1. The van der Waals surface area contributed by atoms with E-state index < -0.39 is 11.5 Å². The number of ether oxygens (including phenoxy) is 1. The van der Waals surface area contributed by atoms with Crippen LogP contribution in [0.2, 0.25) is 0 Å². The summed E-state index contributed by atoms with van der Waals surface area (Å²) in [4.78, 5) is 37.6. The van der Waals surface area contributed by atoms with Crippen LogP contribution in [0.4, 0.5) is 0 Å². The lowest BCUT2D eigenvalue weighted by atomic mass is 10.1. The number of benzene rings is 2. The van der Waals surface area contributed by atoms with Gasteiger partial charge in [0.1, 0.15) is 12.1 Å². The fraction of sp³-hybridized carbons (Fsp3) is 0.130. The third-order valence-corrected chi connectivity index (χ3v) is 4.79. The van der Waals surface area contributed by atoms with Gasteiger partial charge in [0.2, 0.25) is 0 Å². The van der Waals surface area contributed by atoms with E-state index in [9.17, 15) is 14.4 Å². The van der Waals surface area contributed by atoms with Gasteiger partial charge in [-0.1, -0.05) is 36.3 Å². The molecule has 8 nitrogen and oxygen atoms in total. The SMILES string of the molecule is C#CCn1nc(CNC(=O)c2cc3cccc(OC)c3oc2=O)c2ccccc2c1=O. The van der Waals surface area contributed by atoms with E-state index >= 15 is 0 Å². The first-order valence-corrected chi connectivity index (χ1v) is 9.34. The molecule has 0 spiro atoms. The molecule has 4 aromatic rings. The van der Waals surface area contributed by atoms with Gasteiger partial charge >= 0.3 is 5.63 Å². The van der Waals surface area contributed by atoms with Crippen LogP contribution in [0.15, 0.2) is 62.5 Å². The predicted octanol–water partition coefficient (Wildman–Crippen LogP) is 2.07. The van der Waals surface area contributed by atoms with Crippen LogP contribution >= 0.6 is 0 Å². The molecule has 2 heterocycles. The number of carbonyl (C=O) groups excluding carboxylic acids is 1. The lowest BCUT2D eigenvalue weighted by Gasteiger charge is -2.10. The molecule has 8 heteroatoms. The molecule has 0 atom stereocenters. The van der Waals surface area contributed by atoms with Crippen molar-refractivity contribution in [3.05, 3.63) is 80.6 Å². The van der Waals surface area contributed by atoms with Gasteiger partial charge in [-0.3, -0.25) is 9.59 Å². The maximum absolute atomic E-state index is 12.7. The van der Waals surface area contributed by atoms with Crippen molar-refractivity contribution in [2.24, 2.45) is 0 Å². The van der Waals surface area contributed by atoms with E-state index in [-0.39, 0.29) is 29.8 Å². The zero-order valence-electron chi connectivity index (χ0n) is 16.5. The molecule has 2 aromatic carbocycles. The number of amides is 1. The van der Waals surface area contributed by atoms with Crippen molar-refractivity contribution < 1.29 is 13.9 Å². The number of nitrogens with zero attached hydrogens (tertiary/aromatic N) is 2. The van der Waals surface area contributed by atoms with Crippen molar-refractivity contribution in [1.82, 2.24) is 15.1 Å². The second-order valence-electron chi connectivity index (χ2n) is 6.67. The van der Waals surface area contributed by atoms with Crippen LogP contribution < -0.4 is 21.2 Å². The number of carbonyl (C=O) groups is 1. The molecule has 0 fully saturated rings. The minimum absolute atomic E-state index is 0.000704. The molecule has 4 rings (SSSR count). The molecular weight excluding hydrogens is 398 g/mol. The summed E-state index contributed by atoms with van der Waals surface area (Å²) in [6, 6.07) is 13.5. The van der Waals surface area contributed by atoms with Crippen LogP contribution in [0.25, 0.3) is 21.7 Å². The molecule has 0 aliphatic carbocycles. The number of aromatic nitrogens is 2. The first kappa shape index (κ1) is 19.9. The fourth-order valence-electron chi connectivity index (χ4n) is 3.33. The van der Waals surface area contributed by atoms with E-state index in [4.69, 9.17) is 15.6 Å². The van der Waals surface area contributed by atoms with Gasteiger partial charge in [0, 0.05) is 10.8 Å². The Labute approximate surface area is 176 Å². The summed E-state index contributed by atoms with van der Waals surface area (Å²) in [7, 11) is 1.46. The maximum Gasteiger partial charge on any atom is 0.349 e. The Morgan fingerprint density at radius 3 is 2.71 bits per heavy atom. The van der Waals surface area contributed by atoms with Gasteiger partial charge < -0.3 is 14.5 Å². The lowest BCUT2D eigenvalue weighted by Crippen LogP contribution is -2.30. The number of methoxy groups -OCH3 is 1. The molecule has 0 saturated carbocycles. The lowest BCUT2D eigenvalue weighted by molar-refractivity contribution is 0.0947. The van der Waals surface area contributed by atoms with Crippen LogP contribution in [-0.2, 0) is 13.1 Å². The van der Waals surface area contributed by atoms with Crippen LogP contribution in [0.5, 0.6) is 5.75 Å². The van der Waals surface area contributed by atoms with E-state index in [1.165, 1.54) is 17.9 Å². The highest BCUT2D eigenvalue weighted by Crippen LogP contribution is 2.24. The van der Waals surface area contributed by atoms with Crippen molar-refractivity contribution in [3.63, 3.8) is 0 Å². The first-order chi connectivity index (χ1) is 15.0. The molecule has 1 N–H and O–H groups in total. The molecule has 2 aromatic heterocycles. The van der Waals surface area contributed by atoms with Crippen LogP contribution in [-0.4, -0.2) is 22.8 Å². The maximum atomic E-state index is 12.7. The van der Waals surface area contributed by atoms with E-state index in [1.54, 1.807) is 42.5 Å². The smallest absolute Gasteiger partial charge is 0.349 e. The largest absolute Gasteiger partial charge is 0.493 e. The number of hydrogen-bond acceptors (Lipinski definition) is 6. The number of fused-ring (bicyclic) bond motifs is 2. The van der Waals surface area contributed by atoms with Gasteiger partial charge in [0.05, 0.1) is 24.7 Å². The van der Waals surface area contributed by atoms with Crippen LogP contribution in [0.1, 0.15) is 16.1 Å². The Kier molecular flexibility index (Phi) is 5.24. The van der Waals surface area contributed by atoms with E-state index in [0.717, 1.165) is 0 Å². The average Bonchev–Trinajstić information content (AvgIpc) is 2.79. The second-order valence-corrected chi connectivity index (χ2v) is 6.67. The molecule has 1 amide bonds. The number of para-hydroxylation sites is 1. The molecule has 0 aliphatic rings. The monoisotopic (exact) mass is 415 g/mol. The van der Waals surface area contributed by atoms with Crippen molar-refractivity contribution in [3.8, 4) is 18.1 Å². The van der Waals surface area contributed by atoms with E-state index in [2.05, 4.69) is 16.3 Å². The van der Waals surface area contributed by atoms with Crippen LogP contribution in [0.3, 0.4) is 0 Å². The van der Waals surface area contributed by atoms with Gasteiger partial charge in [-0.05, 0) is 18.2 Å². The Bertz CT molecular complexity index is 1480. The number of hydrogen-bond donors (Lipinski definition) is 1. The first-order valence-electron chi connectivity index (χ1n) is 9.34. The summed E-state index contributed by atoms with van der Waals surface area (Å²) in [5.74, 6) is 2.16. The average molecular weight is 415 g/mol. The van der Waals surface area contributed by atoms with Gasteiger partial charge in [0.15, 0.2) is 11.3 Å². The highest BCUT2D eigenvalue weighted by Gasteiger charge is 2.17. The summed E-state index contributed by atoms with van der Waals surface area (Å²) < 4.78 is 11.7. The molecule has 0 saturated heterocycles. The van der Waals surface area contributed by atoms with Crippen LogP contribution in [0, 0.1) is 12.3 Å². The van der Waals surface area contributed by atoms with E-state index in [1.807, 2.05) is 0 Å². The third kappa shape index (κ3) is 3.65. The molecule has 0 bridgehead atoms. The van der Waals surface area contributed by atoms with Gasteiger partial charge in [-0.15, -0.1) is 6.42 Å². The quantitative estimate of drug-likeness (QED) is 0.395. The predicted molar refractivity (Wildman–Crippen MR) is 115 cm³/mol. The van der Waals surface area contributed by atoms with Gasteiger partial charge in [-0.25, -0.2) is 9.48 Å². The highest BCUT2D eigenvalue weighted by atomic mass is 16.5. The summed E-state index contributed by atoms with van der Waals surface area (Å²) in [5, 5.41) is 8.53. The summed E-state index contributed by atoms with van der Waals surface area (Å²) in [6.45, 7) is -0.0134. The Hall–Kier alpha value is -4.38. The highest BCUT2D eigenvalue weighted by molar-refractivity contribution is 5.97. The molecule has 0 radical (unpaired) electrons.